The van der Waals surface area contributed by atoms with E-state index in [1.807, 2.05) is 13.8 Å². The fraction of sp³-hybridized carbons (Fsp3) is 0.650. The van der Waals surface area contributed by atoms with E-state index in [9.17, 15) is 21.6 Å². The second-order valence-corrected chi connectivity index (χ2v) is 12.9. The minimum absolute atomic E-state index is 0.0531. The first-order chi connectivity index (χ1) is 14.2. The summed E-state index contributed by atoms with van der Waals surface area (Å²) >= 11 is 0. The van der Waals surface area contributed by atoms with Gasteiger partial charge < -0.3 is 4.74 Å². The van der Waals surface area contributed by atoms with Gasteiger partial charge in [0.2, 0.25) is 26.0 Å². The van der Waals surface area contributed by atoms with Crippen LogP contribution in [0.25, 0.3) is 0 Å². The molecule has 2 aliphatic rings. The van der Waals surface area contributed by atoms with Crippen LogP contribution in [0.2, 0.25) is 0 Å². The molecular formula is C20H31N3O6S2. The quantitative estimate of drug-likeness (QED) is 0.658. The number of amides is 1. The Hall–Kier alpha value is -1.53. The second kappa shape index (κ2) is 8.11. The molecule has 1 aromatic carbocycles. The first kappa shape index (κ1) is 24.1. The summed E-state index contributed by atoms with van der Waals surface area (Å²) in [5, 5.41) is 0. The predicted octanol–water partition coefficient (Wildman–Crippen LogP) is 1.09. The minimum Gasteiger partial charge on any atom is -0.379 e. The van der Waals surface area contributed by atoms with Crippen LogP contribution in [0, 0.1) is 12.3 Å². The molecule has 9 nitrogen and oxygen atoms in total. The van der Waals surface area contributed by atoms with Gasteiger partial charge in [0, 0.05) is 25.2 Å². The van der Waals surface area contributed by atoms with Crippen LogP contribution in [0.15, 0.2) is 23.1 Å². The van der Waals surface area contributed by atoms with Gasteiger partial charge in [-0.05, 0) is 58.4 Å². The molecule has 0 spiro atoms. The van der Waals surface area contributed by atoms with Crippen molar-refractivity contribution in [2.75, 3.05) is 42.9 Å². The van der Waals surface area contributed by atoms with E-state index in [0.29, 0.717) is 18.8 Å². The number of morpholine rings is 1. The Morgan fingerprint density at radius 2 is 1.81 bits per heavy atom. The molecule has 2 fully saturated rings. The maximum absolute atomic E-state index is 13.0. The number of sulfonamides is 2. The summed E-state index contributed by atoms with van der Waals surface area (Å²) in [6.07, 6.45) is 0. The van der Waals surface area contributed by atoms with Gasteiger partial charge in [-0.15, -0.1) is 0 Å². The normalized spacial score (nSPS) is 22.1. The van der Waals surface area contributed by atoms with Crippen molar-refractivity contribution in [1.29, 1.82) is 0 Å². The van der Waals surface area contributed by atoms with Crippen LogP contribution < -0.4 is 9.03 Å². The second-order valence-electron chi connectivity index (χ2n) is 9.40. The molecule has 0 unspecified atom stereocenters. The van der Waals surface area contributed by atoms with Crippen LogP contribution in [0.4, 0.5) is 5.69 Å². The molecule has 0 radical (unpaired) electrons. The Morgan fingerprint density at radius 1 is 1.19 bits per heavy atom. The molecule has 3 rings (SSSR count). The summed E-state index contributed by atoms with van der Waals surface area (Å²) in [4.78, 5) is 14.8. The molecule has 0 atom stereocenters. The third kappa shape index (κ3) is 4.80. The molecule has 174 valence electrons. The van der Waals surface area contributed by atoms with Crippen molar-refractivity contribution in [2.45, 2.75) is 45.1 Å². The third-order valence-electron chi connectivity index (χ3n) is 5.83. The van der Waals surface area contributed by atoms with Crippen LogP contribution in [-0.2, 0) is 29.6 Å². The summed E-state index contributed by atoms with van der Waals surface area (Å²) in [5.74, 6) is -0.802. The van der Waals surface area contributed by atoms with Crippen molar-refractivity contribution in [1.82, 2.24) is 9.62 Å². The van der Waals surface area contributed by atoms with Gasteiger partial charge in [0.05, 0.1) is 35.0 Å². The van der Waals surface area contributed by atoms with Gasteiger partial charge in [0.1, 0.15) is 0 Å². The van der Waals surface area contributed by atoms with Crippen LogP contribution in [-0.4, -0.2) is 71.8 Å². The first-order valence-corrected chi connectivity index (χ1v) is 13.3. The third-order valence-corrected chi connectivity index (χ3v) is 9.41. The number of benzene rings is 1. The zero-order valence-corrected chi connectivity index (χ0v) is 20.3. The van der Waals surface area contributed by atoms with E-state index >= 15 is 0 Å². The van der Waals surface area contributed by atoms with Crippen molar-refractivity contribution < 1.29 is 26.4 Å². The van der Waals surface area contributed by atoms with Gasteiger partial charge in [-0.2, -0.15) is 0 Å². The predicted molar refractivity (Wildman–Crippen MR) is 118 cm³/mol. The molecule has 1 aromatic rings. The van der Waals surface area contributed by atoms with Crippen LogP contribution in [0.5, 0.6) is 0 Å². The number of anilines is 1. The van der Waals surface area contributed by atoms with E-state index in [1.54, 1.807) is 20.8 Å². The highest BCUT2D eigenvalue weighted by Gasteiger charge is 2.50. The number of hydrogen-bond acceptors (Lipinski definition) is 7. The highest BCUT2D eigenvalue weighted by molar-refractivity contribution is 7.94. The SMILES string of the molecule is Cc1cc(N2C(=O)C(C)(C)CS2(=O)=O)ccc1S(=O)(=O)NCC(C)(C)N1CCOCC1. The summed E-state index contributed by atoms with van der Waals surface area (Å²) < 4.78 is 59.7. The molecule has 11 heteroatoms. The number of aryl methyl sites for hydroxylation is 1. The van der Waals surface area contributed by atoms with Crippen molar-refractivity contribution in [2.24, 2.45) is 5.41 Å². The Labute approximate surface area is 184 Å². The maximum Gasteiger partial charge on any atom is 0.247 e. The summed E-state index contributed by atoms with van der Waals surface area (Å²) in [6.45, 7) is 11.6. The number of nitrogens with one attached hydrogen (secondary N) is 1. The van der Waals surface area contributed by atoms with E-state index in [0.717, 1.165) is 17.4 Å². The molecule has 1 amide bonds. The zero-order valence-electron chi connectivity index (χ0n) is 18.6. The van der Waals surface area contributed by atoms with Gasteiger partial charge in [0.15, 0.2) is 0 Å². The lowest BCUT2D eigenvalue weighted by molar-refractivity contribution is -0.123. The molecule has 2 saturated heterocycles. The maximum atomic E-state index is 13.0. The number of carbonyl (C=O) groups excluding carboxylic acids is 1. The average molecular weight is 474 g/mol. The van der Waals surface area contributed by atoms with Gasteiger partial charge in [-0.3, -0.25) is 9.69 Å². The van der Waals surface area contributed by atoms with Crippen molar-refractivity contribution in [3.05, 3.63) is 23.8 Å². The molecular weight excluding hydrogens is 442 g/mol. The van der Waals surface area contributed by atoms with E-state index < -0.39 is 36.9 Å². The largest absolute Gasteiger partial charge is 0.379 e. The van der Waals surface area contributed by atoms with Gasteiger partial charge in [-0.1, -0.05) is 0 Å². The Balaban J connectivity index is 1.81. The van der Waals surface area contributed by atoms with E-state index in [2.05, 4.69) is 9.62 Å². The molecule has 2 aliphatic heterocycles. The van der Waals surface area contributed by atoms with E-state index in [1.165, 1.54) is 18.2 Å². The van der Waals surface area contributed by atoms with Crippen LogP contribution in [0.1, 0.15) is 33.3 Å². The zero-order chi connectivity index (χ0) is 23.2. The molecule has 0 bridgehead atoms. The van der Waals surface area contributed by atoms with E-state index in [-0.39, 0.29) is 22.9 Å². The van der Waals surface area contributed by atoms with Crippen LogP contribution >= 0.6 is 0 Å². The van der Waals surface area contributed by atoms with E-state index in [4.69, 9.17) is 4.74 Å². The number of rotatable bonds is 6. The van der Waals surface area contributed by atoms with Gasteiger partial charge >= 0.3 is 0 Å². The Bertz CT molecular complexity index is 1070. The Morgan fingerprint density at radius 3 is 2.32 bits per heavy atom. The molecule has 0 aromatic heterocycles. The number of carbonyl (C=O) groups is 1. The summed E-state index contributed by atoms with van der Waals surface area (Å²) in [7, 11) is -7.63. The van der Waals surface area contributed by atoms with Crippen molar-refractivity contribution in [3.63, 3.8) is 0 Å². The first-order valence-electron chi connectivity index (χ1n) is 10.2. The summed E-state index contributed by atoms with van der Waals surface area (Å²) in [6, 6.07) is 4.15. The van der Waals surface area contributed by atoms with Crippen molar-refractivity contribution >= 4 is 31.6 Å². The molecule has 2 heterocycles. The lowest BCUT2D eigenvalue weighted by atomic mass is 9.95. The average Bonchev–Trinajstić information content (AvgIpc) is 2.83. The number of hydrogen-bond donors (Lipinski definition) is 1. The number of ether oxygens (including phenoxy) is 1. The van der Waals surface area contributed by atoms with Crippen LogP contribution in [0.3, 0.4) is 0 Å². The highest BCUT2D eigenvalue weighted by atomic mass is 32.2. The lowest BCUT2D eigenvalue weighted by Gasteiger charge is -2.40. The van der Waals surface area contributed by atoms with Crippen molar-refractivity contribution in [3.8, 4) is 0 Å². The summed E-state index contributed by atoms with van der Waals surface area (Å²) in [5.41, 5.74) is -0.904. The monoisotopic (exact) mass is 473 g/mol. The topological polar surface area (TPSA) is 113 Å². The standard InChI is InChI=1S/C20H31N3O6S2/c1-15-12-16(23-18(24)19(2,3)14-30(23,25)26)6-7-17(15)31(27,28)21-13-20(4,5)22-8-10-29-11-9-22/h6-7,12,21H,8-11,13-14H2,1-5H3. The van der Waals surface area contributed by atoms with Gasteiger partial charge in [-0.25, -0.2) is 25.9 Å². The number of nitrogens with zero attached hydrogens (tertiary/aromatic N) is 2. The molecule has 0 saturated carbocycles. The smallest absolute Gasteiger partial charge is 0.247 e. The molecule has 31 heavy (non-hydrogen) atoms. The fourth-order valence-electron chi connectivity index (χ4n) is 3.95. The van der Waals surface area contributed by atoms with Gasteiger partial charge in [0.25, 0.3) is 0 Å². The lowest BCUT2D eigenvalue weighted by Crippen LogP contribution is -2.55. The minimum atomic E-state index is -3.83. The Kier molecular flexibility index (Phi) is 6.31. The fourth-order valence-corrected chi connectivity index (χ4v) is 7.48. The molecule has 1 N–H and O–H groups in total. The highest BCUT2D eigenvalue weighted by Crippen LogP contribution is 2.36. The molecule has 0 aliphatic carbocycles.